The Kier molecular flexibility index (Phi) is 5.40. The smallest absolute Gasteiger partial charge is 0.292 e. The lowest BCUT2D eigenvalue weighted by molar-refractivity contribution is -0.117. The maximum atomic E-state index is 11.7. The van der Waals surface area contributed by atoms with Crippen LogP contribution < -0.4 is 5.32 Å². The van der Waals surface area contributed by atoms with Crippen LogP contribution in [-0.2, 0) is 4.79 Å². The Morgan fingerprint density at radius 2 is 1.76 bits per heavy atom. The lowest BCUT2D eigenvalue weighted by atomic mass is 10.1. The Bertz CT molecular complexity index is 382. The van der Waals surface area contributed by atoms with Gasteiger partial charge in [0, 0.05) is 12.1 Å². The van der Waals surface area contributed by atoms with E-state index >= 15 is 0 Å². The van der Waals surface area contributed by atoms with E-state index in [0.29, 0.717) is 12.1 Å². The van der Waals surface area contributed by atoms with E-state index in [1.165, 1.54) is 0 Å². The Hall–Kier alpha value is -1.64. The second kappa shape index (κ2) is 6.84. The number of amides is 1. The first-order chi connectivity index (χ1) is 8.15. The average Bonchev–Trinajstić information content (AvgIpc) is 2.34. The van der Waals surface area contributed by atoms with Crippen LogP contribution in [0.5, 0.6) is 0 Å². The van der Waals surface area contributed by atoms with Crippen molar-refractivity contribution in [3.63, 3.8) is 0 Å². The number of Topliss-reactive ketones (excluding diaryl/α,β-unsaturated/α-hetero) is 1. The number of ketones is 1. The summed E-state index contributed by atoms with van der Waals surface area (Å²) in [5.74, 6) is -0.966. The summed E-state index contributed by atoms with van der Waals surface area (Å²) < 4.78 is 0. The van der Waals surface area contributed by atoms with Gasteiger partial charge in [-0.2, -0.15) is 0 Å². The predicted molar refractivity (Wildman–Crippen MR) is 68.0 cm³/mol. The normalized spacial score (nSPS) is 10.0. The summed E-state index contributed by atoms with van der Waals surface area (Å²) in [7, 11) is 0. The number of hydrogen-bond donors (Lipinski definition) is 1. The SMILES string of the molecule is CCCCCNC(=O)C(=O)c1ccc(C)cc1. The van der Waals surface area contributed by atoms with Gasteiger partial charge in [0.05, 0.1) is 0 Å². The Labute approximate surface area is 102 Å². The minimum Gasteiger partial charge on any atom is -0.349 e. The van der Waals surface area contributed by atoms with Gasteiger partial charge in [0.25, 0.3) is 5.91 Å². The zero-order valence-corrected chi connectivity index (χ0v) is 10.5. The first-order valence-electron chi connectivity index (χ1n) is 6.04. The molecule has 1 aromatic carbocycles. The molecule has 0 aliphatic rings. The molecule has 0 bridgehead atoms. The van der Waals surface area contributed by atoms with Crippen molar-refractivity contribution in [3.8, 4) is 0 Å². The van der Waals surface area contributed by atoms with Crippen LogP contribution >= 0.6 is 0 Å². The summed E-state index contributed by atoms with van der Waals surface area (Å²) in [4.78, 5) is 23.2. The second-order valence-electron chi connectivity index (χ2n) is 4.16. The zero-order chi connectivity index (χ0) is 12.7. The number of unbranched alkanes of at least 4 members (excludes halogenated alkanes) is 2. The molecule has 0 atom stereocenters. The van der Waals surface area contributed by atoms with E-state index in [4.69, 9.17) is 0 Å². The van der Waals surface area contributed by atoms with E-state index in [9.17, 15) is 9.59 Å². The fourth-order valence-corrected chi connectivity index (χ4v) is 1.49. The second-order valence-corrected chi connectivity index (χ2v) is 4.16. The van der Waals surface area contributed by atoms with Gasteiger partial charge in [0.2, 0.25) is 5.78 Å². The third kappa shape index (κ3) is 4.39. The molecular weight excluding hydrogens is 214 g/mol. The van der Waals surface area contributed by atoms with E-state index in [1.54, 1.807) is 12.1 Å². The topological polar surface area (TPSA) is 46.2 Å². The van der Waals surface area contributed by atoms with E-state index in [2.05, 4.69) is 12.2 Å². The molecule has 0 aliphatic carbocycles. The quantitative estimate of drug-likeness (QED) is 0.466. The highest BCUT2D eigenvalue weighted by molar-refractivity contribution is 6.42. The van der Waals surface area contributed by atoms with Gasteiger partial charge in [-0.1, -0.05) is 49.6 Å². The predicted octanol–water partition coefficient (Wildman–Crippen LogP) is 2.48. The van der Waals surface area contributed by atoms with E-state index in [0.717, 1.165) is 24.8 Å². The molecule has 0 saturated carbocycles. The van der Waals surface area contributed by atoms with Crippen LogP contribution in [-0.4, -0.2) is 18.2 Å². The molecule has 0 aliphatic heterocycles. The Balaban J connectivity index is 2.46. The highest BCUT2D eigenvalue weighted by Gasteiger charge is 2.14. The number of rotatable bonds is 6. The van der Waals surface area contributed by atoms with Crippen molar-refractivity contribution in [2.24, 2.45) is 0 Å². The van der Waals surface area contributed by atoms with Gasteiger partial charge in [-0.05, 0) is 13.3 Å². The molecule has 1 rings (SSSR count). The highest BCUT2D eigenvalue weighted by atomic mass is 16.2. The van der Waals surface area contributed by atoms with Crippen LogP contribution in [0.4, 0.5) is 0 Å². The van der Waals surface area contributed by atoms with Crippen LogP contribution in [0.25, 0.3) is 0 Å². The van der Waals surface area contributed by atoms with Crippen molar-refractivity contribution in [1.29, 1.82) is 0 Å². The maximum absolute atomic E-state index is 11.7. The van der Waals surface area contributed by atoms with E-state index in [-0.39, 0.29) is 0 Å². The molecule has 1 aromatic rings. The first kappa shape index (κ1) is 13.4. The highest BCUT2D eigenvalue weighted by Crippen LogP contribution is 2.04. The van der Waals surface area contributed by atoms with Crippen molar-refractivity contribution in [1.82, 2.24) is 5.32 Å². The van der Waals surface area contributed by atoms with Crippen LogP contribution in [0.3, 0.4) is 0 Å². The molecule has 0 saturated heterocycles. The monoisotopic (exact) mass is 233 g/mol. The molecule has 1 amide bonds. The first-order valence-corrected chi connectivity index (χ1v) is 6.04. The average molecular weight is 233 g/mol. The van der Waals surface area contributed by atoms with Crippen molar-refractivity contribution >= 4 is 11.7 Å². The lowest BCUT2D eigenvalue weighted by Crippen LogP contribution is -2.31. The number of benzene rings is 1. The van der Waals surface area contributed by atoms with Crippen LogP contribution in [0.2, 0.25) is 0 Å². The number of nitrogens with one attached hydrogen (secondary N) is 1. The molecule has 0 unspecified atom stereocenters. The van der Waals surface area contributed by atoms with Crippen LogP contribution in [0, 0.1) is 6.92 Å². The minimum atomic E-state index is -0.509. The van der Waals surface area contributed by atoms with Crippen LogP contribution in [0.1, 0.15) is 42.1 Å². The number of aryl methyl sites for hydroxylation is 1. The number of carbonyl (C=O) groups excluding carboxylic acids is 2. The summed E-state index contributed by atoms with van der Waals surface area (Å²) in [6.45, 7) is 4.61. The molecule has 3 nitrogen and oxygen atoms in total. The number of carbonyl (C=O) groups is 2. The van der Waals surface area contributed by atoms with Crippen LogP contribution in [0.15, 0.2) is 24.3 Å². The molecule has 0 radical (unpaired) electrons. The van der Waals surface area contributed by atoms with Gasteiger partial charge < -0.3 is 5.32 Å². The van der Waals surface area contributed by atoms with Gasteiger partial charge in [-0.3, -0.25) is 9.59 Å². The summed E-state index contributed by atoms with van der Waals surface area (Å²) >= 11 is 0. The molecule has 92 valence electrons. The van der Waals surface area contributed by atoms with E-state index in [1.807, 2.05) is 19.1 Å². The van der Waals surface area contributed by atoms with E-state index < -0.39 is 11.7 Å². The van der Waals surface area contributed by atoms with Crippen molar-refractivity contribution in [3.05, 3.63) is 35.4 Å². The molecule has 17 heavy (non-hydrogen) atoms. The Morgan fingerprint density at radius 3 is 2.35 bits per heavy atom. The summed E-state index contributed by atoms with van der Waals surface area (Å²) in [6, 6.07) is 7.03. The van der Waals surface area contributed by atoms with Gasteiger partial charge in [-0.15, -0.1) is 0 Å². The molecule has 1 N–H and O–H groups in total. The lowest BCUT2D eigenvalue weighted by Gasteiger charge is -2.04. The van der Waals surface area contributed by atoms with Crippen molar-refractivity contribution in [2.75, 3.05) is 6.54 Å². The number of hydrogen-bond acceptors (Lipinski definition) is 2. The van der Waals surface area contributed by atoms with Gasteiger partial charge in [0.1, 0.15) is 0 Å². The fraction of sp³-hybridized carbons (Fsp3) is 0.429. The molecular formula is C14H19NO2. The maximum Gasteiger partial charge on any atom is 0.292 e. The minimum absolute atomic E-state index is 0.448. The zero-order valence-electron chi connectivity index (χ0n) is 10.5. The third-order valence-electron chi connectivity index (χ3n) is 2.59. The standard InChI is InChI=1S/C14H19NO2/c1-3-4-5-10-15-14(17)13(16)12-8-6-11(2)7-9-12/h6-9H,3-5,10H2,1-2H3,(H,15,17). The fourth-order valence-electron chi connectivity index (χ4n) is 1.49. The summed E-state index contributed by atoms with van der Waals surface area (Å²) in [5.41, 5.74) is 1.52. The molecule has 3 heteroatoms. The molecule has 0 spiro atoms. The van der Waals surface area contributed by atoms with Gasteiger partial charge in [0.15, 0.2) is 0 Å². The molecule has 0 fully saturated rings. The van der Waals surface area contributed by atoms with Gasteiger partial charge >= 0.3 is 0 Å². The van der Waals surface area contributed by atoms with Crippen molar-refractivity contribution < 1.29 is 9.59 Å². The summed E-state index contributed by atoms with van der Waals surface area (Å²) in [6.07, 6.45) is 3.09. The van der Waals surface area contributed by atoms with Gasteiger partial charge in [-0.25, -0.2) is 0 Å². The molecule has 0 aromatic heterocycles. The summed E-state index contributed by atoms with van der Waals surface area (Å²) in [5, 5.41) is 2.64. The van der Waals surface area contributed by atoms with Crippen molar-refractivity contribution in [2.45, 2.75) is 33.1 Å². The molecule has 0 heterocycles. The largest absolute Gasteiger partial charge is 0.349 e. The Morgan fingerprint density at radius 1 is 1.12 bits per heavy atom. The third-order valence-corrected chi connectivity index (χ3v) is 2.59.